The maximum Gasteiger partial charge on any atom is 0.338 e. The lowest BCUT2D eigenvalue weighted by Crippen LogP contribution is -2.26. The number of hydrogen-bond donors (Lipinski definition) is 1. The number of nitrogens with zero attached hydrogens (tertiary/aromatic N) is 2. The Morgan fingerprint density at radius 1 is 1.07 bits per heavy atom. The number of ether oxygens (including phenoxy) is 1. The van der Waals surface area contributed by atoms with Gasteiger partial charge in [0.1, 0.15) is 0 Å². The van der Waals surface area contributed by atoms with Crippen LogP contribution >= 0.6 is 0 Å². The zero-order valence-corrected chi connectivity index (χ0v) is 16.9. The highest BCUT2D eigenvalue weighted by atomic mass is 16.5. The number of aryl methyl sites for hydroxylation is 1. The number of carbonyl (C=O) groups excluding carboxylic acids is 2. The molecule has 1 aromatic heterocycles. The summed E-state index contributed by atoms with van der Waals surface area (Å²) in [5, 5.41) is 6.89. The summed E-state index contributed by atoms with van der Waals surface area (Å²) in [5.74, 6) is -1.03. The van der Waals surface area contributed by atoms with Gasteiger partial charge >= 0.3 is 5.97 Å². The van der Waals surface area contributed by atoms with Crippen molar-refractivity contribution in [2.75, 3.05) is 11.9 Å². The first-order valence-electron chi connectivity index (χ1n) is 9.74. The van der Waals surface area contributed by atoms with Crippen LogP contribution in [0.2, 0.25) is 0 Å². The van der Waals surface area contributed by atoms with Gasteiger partial charge in [0.15, 0.2) is 5.69 Å². The van der Waals surface area contributed by atoms with Crippen LogP contribution in [-0.4, -0.2) is 28.3 Å². The summed E-state index contributed by atoms with van der Waals surface area (Å²) in [6.07, 6.45) is 1.75. The highest BCUT2D eigenvalue weighted by Gasteiger charge is 2.16. The standard InChI is InChI=1S/C23H23N3O4/c1-3-4-14-30-23(29)17-10-12-18(13-11-17)24-22(28)21-20(27)15-16(2)26(25-21)19-8-6-5-7-9-19/h5-13,15H,3-4,14H2,1-2H3,(H,24,28). The Morgan fingerprint density at radius 2 is 1.77 bits per heavy atom. The lowest BCUT2D eigenvalue weighted by molar-refractivity contribution is 0.0499. The minimum absolute atomic E-state index is 0.215. The van der Waals surface area contributed by atoms with Crippen LogP contribution in [-0.2, 0) is 4.74 Å². The van der Waals surface area contributed by atoms with Crippen molar-refractivity contribution in [3.8, 4) is 5.69 Å². The molecular weight excluding hydrogens is 382 g/mol. The Labute approximate surface area is 174 Å². The molecule has 1 N–H and O–H groups in total. The van der Waals surface area contributed by atoms with Gasteiger partial charge in [-0.1, -0.05) is 31.5 Å². The van der Waals surface area contributed by atoms with Gasteiger partial charge in [-0.25, -0.2) is 9.48 Å². The van der Waals surface area contributed by atoms with Crippen LogP contribution in [0.4, 0.5) is 5.69 Å². The molecular formula is C23H23N3O4. The van der Waals surface area contributed by atoms with E-state index in [9.17, 15) is 14.4 Å². The molecule has 1 heterocycles. The number of para-hydroxylation sites is 1. The van der Waals surface area contributed by atoms with Crippen LogP contribution in [0.5, 0.6) is 0 Å². The van der Waals surface area contributed by atoms with E-state index in [4.69, 9.17) is 4.74 Å². The third-order valence-corrected chi connectivity index (χ3v) is 4.43. The van der Waals surface area contributed by atoms with E-state index >= 15 is 0 Å². The van der Waals surface area contributed by atoms with Crippen LogP contribution in [0, 0.1) is 6.92 Å². The molecule has 7 nitrogen and oxygen atoms in total. The average Bonchev–Trinajstić information content (AvgIpc) is 2.75. The Kier molecular flexibility index (Phi) is 6.75. The van der Waals surface area contributed by atoms with Gasteiger partial charge in [0.25, 0.3) is 5.91 Å². The largest absolute Gasteiger partial charge is 0.462 e. The lowest BCUT2D eigenvalue weighted by atomic mass is 10.2. The maximum atomic E-state index is 12.6. The van der Waals surface area contributed by atoms with E-state index in [2.05, 4.69) is 10.4 Å². The van der Waals surface area contributed by atoms with Crippen LogP contribution in [0.1, 0.15) is 46.3 Å². The first-order valence-corrected chi connectivity index (χ1v) is 9.74. The molecule has 0 aliphatic heterocycles. The fraction of sp³-hybridized carbons (Fsp3) is 0.217. The molecule has 0 unspecified atom stereocenters. The highest BCUT2D eigenvalue weighted by Crippen LogP contribution is 2.13. The Morgan fingerprint density at radius 3 is 2.43 bits per heavy atom. The first-order chi connectivity index (χ1) is 14.5. The molecule has 30 heavy (non-hydrogen) atoms. The lowest BCUT2D eigenvalue weighted by Gasteiger charge is -2.11. The average molecular weight is 405 g/mol. The number of anilines is 1. The minimum Gasteiger partial charge on any atom is -0.462 e. The van der Waals surface area contributed by atoms with Crippen LogP contribution in [0.3, 0.4) is 0 Å². The molecule has 0 aliphatic carbocycles. The predicted molar refractivity (Wildman–Crippen MR) is 114 cm³/mol. The molecule has 0 radical (unpaired) electrons. The number of nitrogens with one attached hydrogen (secondary N) is 1. The number of benzene rings is 2. The van der Waals surface area contributed by atoms with Gasteiger partial charge in [-0.15, -0.1) is 0 Å². The number of hydrogen-bond acceptors (Lipinski definition) is 5. The zero-order chi connectivity index (χ0) is 21.5. The number of rotatable bonds is 7. The minimum atomic E-state index is -0.622. The molecule has 2 aromatic carbocycles. The highest BCUT2D eigenvalue weighted by molar-refractivity contribution is 6.03. The molecule has 1 amide bonds. The van der Waals surface area contributed by atoms with Gasteiger partial charge in [0.05, 0.1) is 17.9 Å². The molecule has 154 valence electrons. The number of carbonyl (C=O) groups is 2. The third kappa shape index (κ3) is 5.00. The van der Waals surface area contributed by atoms with Crippen LogP contribution < -0.4 is 10.7 Å². The van der Waals surface area contributed by atoms with Gasteiger partial charge in [-0.2, -0.15) is 5.10 Å². The van der Waals surface area contributed by atoms with Crippen molar-refractivity contribution in [1.82, 2.24) is 9.78 Å². The van der Waals surface area contributed by atoms with E-state index in [1.54, 1.807) is 35.9 Å². The fourth-order valence-corrected chi connectivity index (χ4v) is 2.81. The Balaban J connectivity index is 1.76. The fourth-order valence-electron chi connectivity index (χ4n) is 2.81. The van der Waals surface area contributed by atoms with Crippen molar-refractivity contribution >= 4 is 17.6 Å². The number of aromatic nitrogens is 2. The normalized spacial score (nSPS) is 10.5. The molecule has 0 bridgehead atoms. The molecule has 0 aliphatic rings. The Hall–Kier alpha value is -3.74. The number of esters is 1. The summed E-state index contributed by atoms with van der Waals surface area (Å²) in [7, 11) is 0. The topological polar surface area (TPSA) is 90.3 Å². The van der Waals surface area contributed by atoms with E-state index in [1.807, 2.05) is 37.3 Å². The third-order valence-electron chi connectivity index (χ3n) is 4.43. The van der Waals surface area contributed by atoms with Crippen molar-refractivity contribution in [1.29, 1.82) is 0 Å². The second-order valence-electron chi connectivity index (χ2n) is 6.77. The molecule has 0 fully saturated rings. The molecule has 3 rings (SSSR count). The molecule has 0 spiro atoms. The maximum absolute atomic E-state index is 12.6. The summed E-state index contributed by atoms with van der Waals surface area (Å²) in [6, 6.07) is 16.9. The van der Waals surface area contributed by atoms with Crippen molar-refractivity contribution < 1.29 is 14.3 Å². The van der Waals surface area contributed by atoms with Gasteiger partial charge in [0.2, 0.25) is 5.43 Å². The molecule has 3 aromatic rings. The van der Waals surface area contributed by atoms with E-state index < -0.39 is 17.3 Å². The second kappa shape index (κ2) is 9.65. The molecule has 0 saturated carbocycles. The molecule has 0 saturated heterocycles. The summed E-state index contributed by atoms with van der Waals surface area (Å²) in [5.41, 5.74) is 1.52. The quantitative estimate of drug-likeness (QED) is 0.478. The number of amides is 1. The van der Waals surface area contributed by atoms with Crippen LogP contribution in [0.25, 0.3) is 5.69 Å². The van der Waals surface area contributed by atoms with E-state index in [-0.39, 0.29) is 5.69 Å². The van der Waals surface area contributed by atoms with E-state index in [0.717, 1.165) is 18.5 Å². The summed E-state index contributed by atoms with van der Waals surface area (Å²) >= 11 is 0. The predicted octanol–water partition coefficient (Wildman–Crippen LogP) is 3.75. The first kappa shape index (κ1) is 21.0. The van der Waals surface area contributed by atoms with Crippen molar-refractivity contribution in [3.05, 3.63) is 87.8 Å². The molecule has 0 atom stereocenters. The van der Waals surface area contributed by atoms with Crippen molar-refractivity contribution in [3.63, 3.8) is 0 Å². The Bertz CT molecular complexity index is 1090. The van der Waals surface area contributed by atoms with E-state index in [0.29, 0.717) is 23.6 Å². The van der Waals surface area contributed by atoms with Gasteiger partial charge < -0.3 is 10.1 Å². The second-order valence-corrected chi connectivity index (χ2v) is 6.77. The van der Waals surface area contributed by atoms with E-state index in [1.165, 1.54) is 6.07 Å². The molecule has 7 heteroatoms. The monoisotopic (exact) mass is 405 g/mol. The SMILES string of the molecule is CCCCOC(=O)c1ccc(NC(=O)c2nn(-c3ccccc3)c(C)cc2=O)cc1. The van der Waals surface area contributed by atoms with Crippen molar-refractivity contribution in [2.24, 2.45) is 0 Å². The van der Waals surface area contributed by atoms with Gasteiger partial charge in [-0.3, -0.25) is 9.59 Å². The summed E-state index contributed by atoms with van der Waals surface area (Å²) < 4.78 is 6.71. The summed E-state index contributed by atoms with van der Waals surface area (Å²) in [6.45, 7) is 4.14. The zero-order valence-electron chi connectivity index (χ0n) is 16.9. The smallest absolute Gasteiger partial charge is 0.338 e. The van der Waals surface area contributed by atoms with Gasteiger partial charge in [0, 0.05) is 17.4 Å². The number of unbranched alkanes of at least 4 members (excludes halogenated alkanes) is 1. The van der Waals surface area contributed by atoms with Crippen LogP contribution in [0.15, 0.2) is 65.5 Å². The summed E-state index contributed by atoms with van der Waals surface area (Å²) in [4.78, 5) is 36.9. The van der Waals surface area contributed by atoms with Gasteiger partial charge in [-0.05, 0) is 49.7 Å². The van der Waals surface area contributed by atoms with Crippen molar-refractivity contribution in [2.45, 2.75) is 26.7 Å².